The van der Waals surface area contributed by atoms with Gasteiger partial charge >= 0.3 is 0 Å². The van der Waals surface area contributed by atoms with Crippen LogP contribution in [0.15, 0.2) is 60.9 Å². The minimum absolute atomic E-state index is 0.150. The van der Waals surface area contributed by atoms with Gasteiger partial charge in [-0.25, -0.2) is 4.98 Å². The first kappa shape index (κ1) is 16.8. The normalized spacial score (nSPS) is 11.1. The van der Waals surface area contributed by atoms with Crippen LogP contribution < -0.4 is 10.1 Å². The van der Waals surface area contributed by atoms with Crippen molar-refractivity contribution >= 4 is 17.6 Å². The molecular formula is C20H21N3O2. The summed E-state index contributed by atoms with van der Waals surface area (Å²) in [6.45, 7) is 3.18. The average molecular weight is 335 g/mol. The fraction of sp³-hybridized carbons (Fsp3) is 0.200. The molecule has 3 aromatic rings. The van der Waals surface area contributed by atoms with Gasteiger partial charge in [-0.05, 0) is 42.3 Å². The number of pyridine rings is 1. The Hall–Kier alpha value is -3.08. The summed E-state index contributed by atoms with van der Waals surface area (Å²) >= 11 is 0. The van der Waals surface area contributed by atoms with Crippen molar-refractivity contribution in [3.05, 3.63) is 72.2 Å². The first-order chi connectivity index (χ1) is 12.2. The second kappa shape index (κ2) is 8.15. The summed E-state index contributed by atoms with van der Waals surface area (Å²) in [5.74, 6) is 0.693. The number of benzene rings is 1. The van der Waals surface area contributed by atoms with Crippen LogP contribution in [0.4, 0.5) is 0 Å². The zero-order valence-electron chi connectivity index (χ0n) is 14.2. The van der Waals surface area contributed by atoms with Gasteiger partial charge in [0.05, 0.1) is 18.8 Å². The number of aromatic nitrogens is 2. The fourth-order valence-electron chi connectivity index (χ4n) is 2.38. The quantitative estimate of drug-likeness (QED) is 0.673. The second-order valence-corrected chi connectivity index (χ2v) is 5.67. The van der Waals surface area contributed by atoms with Gasteiger partial charge in [0.15, 0.2) is 0 Å². The van der Waals surface area contributed by atoms with Gasteiger partial charge in [-0.2, -0.15) is 0 Å². The van der Waals surface area contributed by atoms with E-state index in [4.69, 9.17) is 4.74 Å². The maximum absolute atomic E-state index is 12.0. The third-order valence-electron chi connectivity index (χ3n) is 3.64. The van der Waals surface area contributed by atoms with E-state index in [0.717, 1.165) is 29.1 Å². The highest BCUT2D eigenvalue weighted by molar-refractivity contribution is 5.91. The van der Waals surface area contributed by atoms with E-state index in [9.17, 15) is 4.79 Å². The van der Waals surface area contributed by atoms with E-state index in [2.05, 4.69) is 17.2 Å². The molecule has 0 saturated heterocycles. The van der Waals surface area contributed by atoms with Crippen LogP contribution in [0, 0.1) is 0 Å². The second-order valence-electron chi connectivity index (χ2n) is 5.67. The highest BCUT2D eigenvalue weighted by Gasteiger charge is 2.02. The maximum atomic E-state index is 12.0. The number of imidazole rings is 1. The molecule has 0 saturated carbocycles. The van der Waals surface area contributed by atoms with Gasteiger partial charge in [-0.1, -0.05) is 25.1 Å². The number of nitrogens with zero attached hydrogens (tertiary/aromatic N) is 2. The molecule has 0 aliphatic rings. The molecule has 3 rings (SSSR count). The summed E-state index contributed by atoms with van der Waals surface area (Å²) in [7, 11) is 0. The van der Waals surface area contributed by atoms with Crippen molar-refractivity contribution in [1.29, 1.82) is 0 Å². The molecule has 0 spiro atoms. The lowest BCUT2D eigenvalue weighted by atomic mass is 10.2. The van der Waals surface area contributed by atoms with E-state index in [0.29, 0.717) is 13.2 Å². The average Bonchev–Trinajstić information content (AvgIpc) is 3.07. The smallest absolute Gasteiger partial charge is 0.244 e. The van der Waals surface area contributed by atoms with Crippen LogP contribution in [0.2, 0.25) is 0 Å². The SMILES string of the molecule is CCCOc1ccc(/C=C/C(=O)NCc2cn3ccccc3n2)cc1. The number of nitrogens with one attached hydrogen (secondary N) is 1. The van der Waals surface area contributed by atoms with Gasteiger partial charge in [0.1, 0.15) is 11.4 Å². The van der Waals surface area contributed by atoms with Crippen molar-refractivity contribution in [2.24, 2.45) is 0 Å². The molecule has 5 heteroatoms. The van der Waals surface area contributed by atoms with Gasteiger partial charge in [-0.3, -0.25) is 4.79 Å². The summed E-state index contributed by atoms with van der Waals surface area (Å²) in [6, 6.07) is 13.5. The Bertz CT molecular complexity index is 833. The summed E-state index contributed by atoms with van der Waals surface area (Å²) in [4.78, 5) is 16.4. The molecule has 0 radical (unpaired) electrons. The van der Waals surface area contributed by atoms with Gasteiger partial charge < -0.3 is 14.5 Å². The van der Waals surface area contributed by atoms with E-state index in [1.54, 1.807) is 6.08 Å². The van der Waals surface area contributed by atoms with Crippen LogP contribution in [0.25, 0.3) is 11.7 Å². The van der Waals surface area contributed by atoms with Gasteiger partial charge in [0.25, 0.3) is 0 Å². The number of carbonyl (C=O) groups excluding carboxylic acids is 1. The lowest BCUT2D eigenvalue weighted by molar-refractivity contribution is -0.116. The Morgan fingerprint density at radius 2 is 2.08 bits per heavy atom. The molecule has 1 amide bonds. The molecular weight excluding hydrogens is 314 g/mol. The molecule has 0 atom stereocenters. The number of carbonyl (C=O) groups is 1. The molecule has 5 nitrogen and oxygen atoms in total. The van der Waals surface area contributed by atoms with Gasteiger partial charge in [-0.15, -0.1) is 0 Å². The van der Waals surface area contributed by atoms with Crippen LogP contribution in [0.3, 0.4) is 0 Å². The van der Waals surface area contributed by atoms with Crippen molar-refractivity contribution < 1.29 is 9.53 Å². The van der Waals surface area contributed by atoms with E-state index < -0.39 is 0 Å². The number of fused-ring (bicyclic) bond motifs is 1. The first-order valence-electron chi connectivity index (χ1n) is 8.36. The van der Waals surface area contributed by atoms with Crippen LogP contribution in [-0.4, -0.2) is 21.9 Å². The zero-order valence-corrected chi connectivity index (χ0v) is 14.2. The Morgan fingerprint density at radius 3 is 2.84 bits per heavy atom. The third-order valence-corrected chi connectivity index (χ3v) is 3.64. The molecule has 25 heavy (non-hydrogen) atoms. The number of ether oxygens (including phenoxy) is 1. The van der Waals surface area contributed by atoms with Gasteiger partial charge in [0, 0.05) is 18.5 Å². The molecule has 128 valence electrons. The number of hydrogen-bond donors (Lipinski definition) is 1. The molecule has 0 aliphatic carbocycles. The first-order valence-corrected chi connectivity index (χ1v) is 8.36. The Labute approximate surface area is 147 Å². The van der Waals surface area contributed by atoms with Crippen molar-refractivity contribution in [3.63, 3.8) is 0 Å². The minimum Gasteiger partial charge on any atom is -0.494 e. The summed E-state index contributed by atoms with van der Waals surface area (Å²) in [6.07, 6.45) is 8.13. The summed E-state index contributed by atoms with van der Waals surface area (Å²) in [5, 5.41) is 2.84. The number of hydrogen-bond acceptors (Lipinski definition) is 3. The standard InChI is InChI=1S/C20H21N3O2/c1-2-13-25-18-9-6-16(7-10-18)8-11-20(24)21-14-17-15-23-12-4-3-5-19(23)22-17/h3-12,15H,2,13-14H2,1H3,(H,21,24)/b11-8+. The number of rotatable bonds is 7. The summed E-state index contributed by atoms with van der Waals surface area (Å²) < 4.78 is 7.47. The lowest BCUT2D eigenvalue weighted by Gasteiger charge is -2.04. The summed E-state index contributed by atoms with van der Waals surface area (Å²) in [5.41, 5.74) is 2.64. The predicted molar refractivity (Wildman–Crippen MR) is 98.3 cm³/mol. The Kier molecular flexibility index (Phi) is 5.46. The molecule has 0 fully saturated rings. The molecule has 2 heterocycles. The highest BCUT2D eigenvalue weighted by atomic mass is 16.5. The van der Waals surface area contributed by atoms with E-state index in [-0.39, 0.29) is 5.91 Å². The van der Waals surface area contributed by atoms with Crippen LogP contribution in [0.5, 0.6) is 5.75 Å². The van der Waals surface area contributed by atoms with Crippen molar-refractivity contribution in [2.45, 2.75) is 19.9 Å². The Morgan fingerprint density at radius 1 is 1.24 bits per heavy atom. The minimum atomic E-state index is -0.150. The predicted octanol–water partition coefficient (Wildman–Crippen LogP) is 3.45. The van der Waals surface area contributed by atoms with E-state index in [1.807, 2.05) is 59.3 Å². The van der Waals surface area contributed by atoms with Crippen LogP contribution >= 0.6 is 0 Å². The van der Waals surface area contributed by atoms with Crippen molar-refractivity contribution in [2.75, 3.05) is 6.61 Å². The Balaban J connectivity index is 1.52. The molecule has 0 aliphatic heterocycles. The van der Waals surface area contributed by atoms with Crippen molar-refractivity contribution in [1.82, 2.24) is 14.7 Å². The molecule has 1 N–H and O–H groups in total. The molecule has 0 bridgehead atoms. The highest BCUT2D eigenvalue weighted by Crippen LogP contribution is 2.13. The van der Waals surface area contributed by atoms with Crippen LogP contribution in [-0.2, 0) is 11.3 Å². The molecule has 0 unspecified atom stereocenters. The third kappa shape index (κ3) is 4.70. The van der Waals surface area contributed by atoms with E-state index in [1.165, 1.54) is 6.08 Å². The van der Waals surface area contributed by atoms with E-state index >= 15 is 0 Å². The largest absolute Gasteiger partial charge is 0.494 e. The monoisotopic (exact) mass is 335 g/mol. The fourth-order valence-corrected chi connectivity index (χ4v) is 2.38. The zero-order chi connectivity index (χ0) is 17.5. The maximum Gasteiger partial charge on any atom is 0.244 e. The topological polar surface area (TPSA) is 55.6 Å². The van der Waals surface area contributed by atoms with Crippen molar-refractivity contribution in [3.8, 4) is 5.75 Å². The molecule has 1 aromatic carbocycles. The lowest BCUT2D eigenvalue weighted by Crippen LogP contribution is -2.20. The molecule has 2 aromatic heterocycles. The van der Waals surface area contributed by atoms with Crippen LogP contribution in [0.1, 0.15) is 24.6 Å². The number of amides is 1. The van der Waals surface area contributed by atoms with Gasteiger partial charge in [0.2, 0.25) is 5.91 Å².